The lowest BCUT2D eigenvalue weighted by Crippen LogP contribution is -2.31. The van der Waals surface area contributed by atoms with Crippen LogP contribution in [-0.4, -0.2) is 41.7 Å². The number of benzene rings is 2. The SMILES string of the molecule is CCCCNc1ccc(N(CCCC)S(=O)(=O)O)cc1.NC(=O)c1[nH]n(-c2ccccc2)c(=O)c1N. The summed E-state index contributed by atoms with van der Waals surface area (Å²) in [4.78, 5) is 22.7. The third-order valence-corrected chi connectivity index (χ3v) is 6.15. The summed E-state index contributed by atoms with van der Waals surface area (Å²) < 4.78 is 34.3. The van der Waals surface area contributed by atoms with Crippen molar-refractivity contribution in [2.24, 2.45) is 5.73 Å². The van der Waals surface area contributed by atoms with Gasteiger partial charge >= 0.3 is 10.3 Å². The minimum atomic E-state index is -4.21. The van der Waals surface area contributed by atoms with Gasteiger partial charge in [-0.05, 0) is 49.2 Å². The van der Waals surface area contributed by atoms with E-state index in [0.29, 0.717) is 17.8 Å². The molecular weight excluding hydrogens is 484 g/mol. The van der Waals surface area contributed by atoms with Crippen LogP contribution < -0.4 is 26.6 Å². The lowest BCUT2D eigenvalue weighted by Gasteiger charge is -2.21. The van der Waals surface area contributed by atoms with Crippen LogP contribution in [0.3, 0.4) is 0 Å². The molecule has 36 heavy (non-hydrogen) atoms. The quantitative estimate of drug-likeness (QED) is 0.191. The number of amides is 1. The van der Waals surface area contributed by atoms with E-state index in [1.165, 1.54) is 4.68 Å². The van der Waals surface area contributed by atoms with Crippen molar-refractivity contribution in [3.05, 3.63) is 70.6 Å². The largest absolute Gasteiger partial charge is 0.392 e. The molecule has 0 aliphatic heterocycles. The average Bonchev–Trinajstić information content (AvgIpc) is 3.15. The number of unbranched alkanes of at least 4 members (excludes halogenated alkanes) is 2. The summed E-state index contributed by atoms with van der Waals surface area (Å²) in [5, 5.41) is 5.83. The van der Waals surface area contributed by atoms with Gasteiger partial charge < -0.3 is 16.8 Å². The number of nitrogens with zero attached hydrogens (tertiary/aromatic N) is 2. The second kappa shape index (κ2) is 13.4. The number of hydrogen-bond acceptors (Lipinski definition) is 6. The van der Waals surface area contributed by atoms with Crippen molar-refractivity contribution in [1.82, 2.24) is 9.78 Å². The van der Waals surface area contributed by atoms with Gasteiger partial charge in [-0.1, -0.05) is 44.9 Å². The van der Waals surface area contributed by atoms with E-state index in [1.54, 1.807) is 36.4 Å². The number of aromatic amines is 1. The van der Waals surface area contributed by atoms with E-state index in [0.717, 1.165) is 35.8 Å². The summed E-state index contributed by atoms with van der Waals surface area (Å²) in [7, 11) is -4.21. The maximum absolute atomic E-state index is 11.7. The fourth-order valence-corrected chi connectivity index (χ4v) is 3.98. The predicted molar refractivity (Wildman–Crippen MR) is 143 cm³/mol. The van der Waals surface area contributed by atoms with Crippen LogP contribution in [-0.2, 0) is 10.3 Å². The van der Waals surface area contributed by atoms with Gasteiger partial charge in [0.2, 0.25) is 0 Å². The van der Waals surface area contributed by atoms with Gasteiger partial charge in [-0.3, -0.25) is 19.2 Å². The van der Waals surface area contributed by atoms with E-state index < -0.39 is 21.8 Å². The van der Waals surface area contributed by atoms with Gasteiger partial charge in [-0.15, -0.1) is 0 Å². The number of carbonyl (C=O) groups is 1. The number of hydrogen-bond donors (Lipinski definition) is 5. The average molecular weight is 519 g/mol. The number of anilines is 3. The van der Waals surface area contributed by atoms with Crippen LogP contribution in [0.15, 0.2) is 59.4 Å². The van der Waals surface area contributed by atoms with Crippen LogP contribution in [0.2, 0.25) is 0 Å². The summed E-state index contributed by atoms with van der Waals surface area (Å²) in [6.07, 6.45) is 3.78. The van der Waals surface area contributed by atoms with Crippen LogP contribution in [0.5, 0.6) is 0 Å². The molecule has 7 N–H and O–H groups in total. The molecule has 12 heteroatoms. The highest BCUT2D eigenvalue weighted by Gasteiger charge is 2.18. The maximum atomic E-state index is 11.7. The van der Waals surface area contributed by atoms with Crippen molar-refractivity contribution in [2.75, 3.05) is 28.4 Å². The normalized spacial score (nSPS) is 10.9. The predicted octanol–water partition coefficient (Wildman–Crippen LogP) is 3.15. The number of nitrogen functional groups attached to an aromatic ring is 1. The second-order valence-electron chi connectivity index (χ2n) is 7.97. The van der Waals surface area contributed by atoms with Gasteiger partial charge in [0.25, 0.3) is 11.5 Å². The maximum Gasteiger partial charge on any atom is 0.359 e. The highest BCUT2D eigenvalue weighted by Crippen LogP contribution is 2.21. The Labute approximate surface area is 211 Å². The molecule has 0 fully saturated rings. The molecule has 1 aromatic heterocycles. The zero-order valence-corrected chi connectivity index (χ0v) is 21.3. The molecule has 0 bridgehead atoms. The molecule has 11 nitrogen and oxygen atoms in total. The van der Waals surface area contributed by atoms with Crippen LogP contribution in [0, 0.1) is 0 Å². The molecule has 0 saturated carbocycles. The molecule has 0 saturated heterocycles. The van der Waals surface area contributed by atoms with Crippen LogP contribution in [0.4, 0.5) is 17.1 Å². The zero-order chi connectivity index (χ0) is 26.7. The second-order valence-corrected chi connectivity index (χ2v) is 9.31. The van der Waals surface area contributed by atoms with E-state index in [4.69, 9.17) is 11.5 Å². The molecule has 3 aromatic rings. The molecule has 1 heterocycles. The number of para-hydroxylation sites is 1. The molecule has 3 rings (SSSR count). The van der Waals surface area contributed by atoms with Crippen molar-refractivity contribution in [3.8, 4) is 5.69 Å². The Kier molecular flexibility index (Phi) is 10.6. The number of rotatable bonds is 11. The minimum absolute atomic E-state index is 0.0751. The minimum Gasteiger partial charge on any atom is -0.392 e. The molecule has 0 radical (unpaired) electrons. The lowest BCUT2D eigenvalue weighted by molar-refractivity contribution is 0.0996. The number of H-pyrrole nitrogens is 1. The Morgan fingerprint density at radius 1 is 1.06 bits per heavy atom. The monoisotopic (exact) mass is 518 g/mol. The van der Waals surface area contributed by atoms with Crippen molar-refractivity contribution in [3.63, 3.8) is 0 Å². The molecule has 1 amide bonds. The Hall–Kier alpha value is -3.77. The number of carbonyl (C=O) groups excluding carboxylic acids is 1. The first-order valence-electron chi connectivity index (χ1n) is 11.6. The van der Waals surface area contributed by atoms with Gasteiger partial charge in [0.1, 0.15) is 11.4 Å². The molecular formula is C24H34N6O5S. The molecule has 0 aliphatic carbocycles. The van der Waals surface area contributed by atoms with Crippen molar-refractivity contribution in [2.45, 2.75) is 39.5 Å². The van der Waals surface area contributed by atoms with Crippen LogP contribution in [0.1, 0.15) is 50.0 Å². The first-order chi connectivity index (χ1) is 17.1. The Bertz CT molecular complexity index is 1270. The van der Waals surface area contributed by atoms with E-state index in [-0.39, 0.29) is 17.9 Å². The fourth-order valence-electron chi connectivity index (χ4n) is 3.23. The number of aromatic nitrogens is 2. The number of nitrogens with one attached hydrogen (secondary N) is 2. The smallest absolute Gasteiger partial charge is 0.359 e. The summed E-state index contributed by atoms with van der Waals surface area (Å²) in [5.74, 6) is -0.760. The molecule has 0 spiro atoms. The Morgan fingerprint density at radius 2 is 1.67 bits per heavy atom. The van der Waals surface area contributed by atoms with Gasteiger partial charge in [-0.25, -0.2) is 8.99 Å². The first-order valence-corrected chi connectivity index (χ1v) is 13.0. The lowest BCUT2D eigenvalue weighted by atomic mass is 10.2. The van der Waals surface area contributed by atoms with E-state index >= 15 is 0 Å². The first kappa shape index (κ1) is 28.5. The van der Waals surface area contributed by atoms with Crippen LogP contribution >= 0.6 is 0 Å². The van der Waals surface area contributed by atoms with Crippen LogP contribution in [0.25, 0.3) is 5.69 Å². The third kappa shape index (κ3) is 7.89. The molecule has 196 valence electrons. The molecule has 0 aliphatic rings. The van der Waals surface area contributed by atoms with Gasteiger partial charge in [-0.2, -0.15) is 8.42 Å². The van der Waals surface area contributed by atoms with Gasteiger partial charge in [0.15, 0.2) is 0 Å². The summed E-state index contributed by atoms with van der Waals surface area (Å²) >= 11 is 0. The van der Waals surface area contributed by atoms with Crippen molar-refractivity contribution in [1.29, 1.82) is 0 Å². The molecule has 2 aromatic carbocycles. The van der Waals surface area contributed by atoms with E-state index in [1.807, 2.05) is 25.1 Å². The fraction of sp³-hybridized carbons (Fsp3) is 0.333. The van der Waals surface area contributed by atoms with E-state index in [2.05, 4.69) is 17.3 Å². The highest BCUT2D eigenvalue weighted by molar-refractivity contribution is 7.87. The summed E-state index contributed by atoms with van der Waals surface area (Å²) in [5.41, 5.74) is 11.8. The summed E-state index contributed by atoms with van der Waals surface area (Å²) in [6, 6.07) is 15.8. The third-order valence-electron chi connectivity index (χ3n) is 5.20. The Morgan fingerprint density at radius 3 is 2.17 bits per heavy atom. The van der Waals surface area contributed by atoms with E-state index in [9.17, 15) is 22.6 Å². The number of nitrogens with two attached hydrogens (primary N) is 2. The molecule has 0 unspecified atom stereocenters. The van der Waals surface area contributed by atoms with Gasteiger partial charge in [0.05, 0.1) is 11.4 Å². The number of primary amides is 1. The van der Waals surface area contributed by atoms with Gasteiger partial charge in [0, 0.05) is 18.8 Å². The zero-order valence-electron chi connectivity index (χ0n) is 20.5. The highest BCUT2D eigenvalue weighted by atomic mass is 32.2. The topological polar surface area (TPSA) is 177 Å². The van der Waals surface area contributed by atoms with Crippen molar-refractivity contribution < 1.29 is 17.8 Å². The van der Waals surface area contributed by atoms with Crippen molar-refractivity contribution >= 4 is 33.3 Å². The Balaban J connectivity index is 0.000000259. The molecule has 0 atom stereocenters. The summed E-state index contributed by atoms with van der Waals surface area (Å²) in [6.45, 7) is 5.29. The standard InChI is InChI=1S/C14H24N2O3S.C10H10N4O2/c1-3-5-11-15-13-7-9-14(10-8-13)16(12-6-4-2)20(17,18)19;11-7-8(9(12)15)13-14(10(7)16)6-4-2-1-3-5-6/h7-10,15H,3-6,11-12H2,1-2H3,(H,17,18,19);1-5,13H,11H2,(H2,12,15).